The molecule has 3 aromatic rings. The number of hydrogen-bond acceptors (Lipinski definition) is 6. The number of rotatable bonds is 4. The Morgan fingerprint density at radius 1 is 1.12 bits per heavy atom. The Balaban J connectivity index is 1.56. The third kappa shape index (κ3) is 3.62. The van der Waals surface area contributed by atoms with E-state index in [1.807, 2.05) is 18.2 Å². The van der Waals surface area contributed by atoms with E-state index in [4.69, 9.17) is 16.3 Å². The highest BCUT2D eigenvalue weighted by molar-refractivity contribution is 6.30. The van der Waals surface area contributed by atoms with Crippen LogP contribution in [0.25, 0.3) is 0 Å². The van der Waals surface area contributed by atoms with Crippen LogP contribution in [0, 0.1) is 5.82 Å². The molecule has 1 aliphatic rings. The SMILES string of the molecule is Fc1cnc(Nc2ccc3c(c2)NCCO3)nc1Nc1cccc(Cl)c1. The Labute approximate surface area is 154 Å². The third-order valence-electron chi connectivity index (χ3n) is 3.74. The molecule has 0 aliphatic carbocycles. The molecular weight excluding hydrogens is 357 g/mol. The van der Waals surface area contributed by atoms with Crippen molar-refractivity contribution in [1.29, 1.82) is 0 Å². The van der Waals surface area contributed by atoms with E-state index in [0.717, 1.165) is 29.9 Å². The Morgan fingerprint density at radius 3 is 2.88 bits per heavy atom. The summed E-state index contributed by atoms with van der Waals surface area (Å²) >= 11 is 5.95. The molecule has 3 N–H and O–H groups in total. The highest BCUT2D eigenvalue weighted by atomic mass is 35.5. The standard InChI is InChI=1S/C18H15ClFN5O/c19-11-2-1-3-12(8-11)23-17-14(20)10-22-18(25-17)24-13-4-5-16-15(9-13)21-6-7-26-16/h1-5,8-10,21H,6-7H2,(H2,22,23,24,25). The van der Waals surface area contributed by atoms with Gasteiger partial charge < -0.3 is 20.7 Å². The lowest BCUT2D eigenvalue weighted by Crippen LogP contribution is -2.17. The van der Waals surface area contributed by atoms with Gasteiger partial charge in [0.25, 0.3) is 0 Å². The molecule has 0 saturated carbocycles. The van der Waals surface area contributed by atoms with Crippen LogP contribution in [-0.4, -0.2) is 23.1 Å². The van der Waals surface area contributed by atoms with Crippen LogP contribution in [0.2, 0.25) is 5.02 Å². The van der Waals surface area contributed by atoms with E-state index in [2.05, 4.69) is 25.9 Å². The highest BCUT2D eigenvalue weighted by Crippen LogP contribution is 2.31. The van der Waals surface area contributed by atoms with Gasteiger partial charge in [-0.1, -0.05) is 17.7 Å². The van der Waals surface area contributed by atoms with Gasteiger partial charge in [-0.15, -0.1) is 0 Å². The van der Waals surface area contributed by atoms with Gasteiger partial charge in [0.2, 0.25) is 5.95 Å². The second-order valence-corrected chi connectivity index (χ2v) is 6.07. The molecule has 0 amide bonds. The predicted octanol–water partition coefficient (Wildman–Crippen LogP) is 4.56. The molecule has 1 aromatic heterocycles. The third-order valence-corrected chi connectivity index (χ3v) is 3.98. The van der Waals surface area contributed by atoms with Gasteiger partial charge in [-0.05, 0) is 36.4 Å². The summed E-state index contributed by atoms with van der Waals surface area (Å²) in [5.41, 5.74) is 2.29. The smallest absolute Gasteiger partial charge is 0.229 e. The van der Waals surface area contributed by atoms with Gasteiger partial charge in [0.15, 0.2) is 11.6 Å². The van der Waals surface area contributed by atoms with Crippen LogP contribution >= 0.6 is 11.6 Å². The van der Waals surface area contributed by atoms with Crippen molar-refractivity contribution in [2.24, 2.45) is 0 Å². The van der Waals surface area contributed by atoms with Crippen molar-refractivity contribution in [2.75, 3.05) is 29.1 Å². The molecule has 2 heterocycles. The molecule has 2 aromatic carbocycles. The average Bonchev–Trinajstić information content (AvgIpc) is 2.64. The molecule has 4 rings (SSSR count). The molecular formula is C18H15ClFN5O. The summed E-state index contributed by atoms with van der Waals surface area (Å²) in [4.78, 5) is 8.19. The molecule has 0 radical (unpaired) electrons. The van der Waals surface area contributed by atoms with Gasteiger partial charge in [-0.2, -0.15) is 4.98 Å². The number of hydrogen-bond donors (Lipinski definition) is 3. The number of ether oxygens (including phenoxy) is 1. The maximum atomic E-state index is 14.0. The first-order chi connectivity index (χ1) is 12.7. The molecule has 0 atom stereocenters. The first-order valence-corrected chi connectivity index (χ1v) is 8.38. The second-order valence-electron chi connectivity index (χ2n) is 5.64. The zero-order valence-corrected chi connectivity index (χ0v) is 14.3. The summed E-state index contributed by atoms with van der Waals surface area (Å²) in [6, 6.07) is 12.6. The minimum Gasteiger partial charge on any atom is -0.490 e. The fourth-order valence-electron chi connectivity index (χ4n) is 2.57. The highest BCUT2D eigenvalue weighted by Gasteiger charge is 2.12. The van der Waals surface area contributed by atoms with Crippen LogP contribution in [0.15, 0.2) is 48.7 Å². The van der Waals surface area contributed by atoms with Gasteiger partial charge in [-0.3, -0.25) is 0 Å². The first kappa shape index (κ1) is 16.4. The average molecular weight is 372 g/mol. The van der Waals surface area contributed by atoms with E-state index in [1.54, 1.807) is 24.3 Å². The molecule has 8 heteroatoms. The lowest BCUT2D eigenvalue weighted by Gasteiger charge is -2.19. The van der Waals surface area contributed by atoms with Crippen LogP contribution in [0.3, 0.4) is 0 Å². The molecule has 0 bridgehead atoms. The minimum absolute atomic E-state index is 0.0594. The molecule has 0 unspecified atom stereocenters. The first-order valence-electron chi connectivity index (χ1n) is 8.00. The monoisotopic (exact) mass is 371 g/mol. The lowest BCUT2D eigenvalue weighted by atomic mass is 10.2. The van der Waals surface area contributed by atoms with Crippen LogP contribution in [0.5, 0.6) is 5.75 Å². The van der Waals surface area contributed by atoms with Gasteiger partial charge >= 0.3 is 0 Å². The van der Waals surface area contributed by atoms with E-state index in [0.29, 0.717) is 17.3 Å². The zero-order valence-electron chi connectivity index (χ0n) is 13.6. The zero-order chi connectivity index (χ0) is 17.9. The van der Waals surface area contributed by atoms with Gasteiger partial charge in [0.05, 0.1) is 11.9 Å². The summed E-state index contributed by atoms with van der Waals surface area (Å²) in [7, 11) is 0. The second kappa shape index (κ2) is 7.05. The number of nitrogens with one attached hydrogen (secondary N) is 3. The molecule has 6 nitrogen and oxygen atoms in total. The molecule has 26 heavy (non-hydrogen) atoms. The van der Waals surface area contributed by atoms with Crippen molar-refractivity contribution >= 4 is 40.4 Å². The topological polar surface area (TPSA) is 71.1 Å². The van der Waals surface area contributed by atoms with Crippen molar-refractivity contribution in [3.8, 4) is 5.75 Å². The van der Waals surface area contributed by atoms with E-state index in [1.165, 1.54) is 0 Å². The number of aromatic nitrogens is 2. The number of fused-ring (bicyclic) bond motifs is 1. The van der Waals surface area contributed by atoms with E-state index in [9.17, 15) is 4.39 Å². The Morgan fingerprint density at radius 2 is 2.00 bits per heavy atom. The molecule has 0 saturated heterocycles. The summed E-state index contributed by atoms with van der Waals surface area (Å²) in [5.74, 6) is 0.568. The summed E-state index contributed by atoms with van der Waals surface area (Å²) in [5, 5.41) is 9.78. The Bertz CT molecular complexity index is 953. The maximum Gasteiger partial charge on any atom is 0.229 e. The van der Waals surface area contributed by atoms with Crippen molar-refractivity contribution in [3.63, 3.8) is 0 Å². The van der Waals surface area contributed by atoms with Crippen LogP contribution in [0.4, 0.5) is 33.2 Å². The van der Waals surface area contributed by atoms with Crippen molar-refractivity contribution in [2.45, 2.75) is 0 Å². The van der Waals surface area contributed by atoms with E-state index >= 15 is 0 Å². The molecule has 0 fully saturated rings. The molecule has 0 spiro atoms. The van der Waals surface area contributed by atoms with Gasteiger partial charge in [0.1, 0.15) is 12.4 Å². The predicted molar refractivity (Wildman–Crippen MR) is 100 cm³/mol. The summed E-state index contributed by atoms with van der Waals surface area (Å²) in [6.45, 7) is 1.39. The fraction of sp³-hybridized carbons (Fsp3) is 0.111. The minimum atomic E-state index is -0.559. The Kier molecular flexibility index (Phi) is 4.45. The molecule has 1 aliphatic heterocycles. The van der Waals surface area contributed by atoms with E-state index in [-0.39, 0.29) is 11.8 Å². The van der Waals surface area contributed by atoms with Gasteiger partial charge in [-0.25, -0.2) is 9.37 Å². The van der Waals surface area contributed by atoms with Crippen LogP contribution in [0.1, 0.15) is 0 Å². The van der Waals surface area contributed by atoms with Crippen LogP contribution in [-0.2, 0) is 0 Å². The number of nitrogens with zero attached hydrogens (tertiary/aromatic N) is 2. The summed E-state index contributed by atoms with van der Waals surface area (Å²) < 4.78 is 19.6. The van der Waals surface area contributed by atoms with Crippen LogP contribution < -0.4 is 20.7 Å². The molecule has 132 valence electrons. The fourth-order valence-corrected chi connectivity index (χ4v) is 2.76. The maximum absolute atomic E-state index is 14.0. The lowest BCUT2D eigenvalue weighted by molar-refractivity contribution is 0.323. The normalized spacial score (nSPS) is 12.5. The van der Waals surface area contributed by atoms with E-state index < -0.39 is 5.82 Å². The van der Waals surface area contributed by atoms with Crippen molar-refractivity contribution < 1.29 is 9.13 Å². The number of benzene rings is 2. The Hall–Kier alpha value is -3.06. The van der Waals surface area contributed by atoms with Crippen molar-refractivity contribution in [3.05, 3.63) is 59.5 Å². The quantitative estimate of drug-likeness (QED) is 0.624. The van der Waals surface area contributed by atoms with Crippen molar-refractivity contribution in [1.82, 2.24) is 9.97 Å². The number of halogens is 2. The van der Waals surface area contributed by atoms with Gasteiger partial charge in [0, 0.05) is 22.9 Å². The largest absolute Gasteiger partial charge is 0.490 e. The summed E-state index contributed by atoms with van der Waals surface area (Å²) in [6.07, 6.45) is 1.11. The number of anilines is 5.